The van der Waals surface area contributed by atoms with Crippen molar-refractivity contribution in [2.24, 2.45) is 17.5 Å². The number of rotatable bonds is 4. The zero-order chi connectivity index (χ0) is 15.7. The highest BCUT2D eigenvalue weighted by atomic mass is 16.2. The number of hydrazine groups is 1. The fraction of sp³-hybridized carbons (Fsp3) is 0.250. The van der Waals surface area contributed by atoms with Crippen molar-refractivity contribution < 1.29 is 4.79 Å². The van der Waals surface area contributed by atoms with Crippen LogP contribution < -0.4 is 16.9 Å². The van der Waals surface area contributed by atoms with Gasteiger partial charge in [-0.05, 0) is 35.9 Å². The van der Waals surface area contributed by atoms with Crippen LogP contribution in [0.2, 0.25) is 0 Å². The zero-order valence-corrected chi connectivity index (χ0v) is 12.4. The zero-order valence-electron chi connectivity index (χ0n) is 12.4. The smallest absolute Gasteiger partial charge is 0.228 e. The third-order valence-electron chi connectivity index (χ3n) is 3.60. The number of carbonyl (C=O) groups is 1. The van der Waals surface area contributed by atoms with Crippen LogP contribution in [0.4, 0.5) is 5.82 Å². The van der Waals surface area contributed by atoms with Crippen LogP contribution in [0, 0.1) is 5.92 Å². The molecule has 0 saturated heterocycles. The van der Waals surface area contributed by atoms with Gasteiger partial charge < -0.3 is 16.1 Å². The predicted molar refractivity (Wildman–Crippen MR) is 87.2 cm³/mol. The van der Waals surface area contributed by atoms with E-state index in [1.165, 1.54) is 5.01 Å². The molecule has 0 bridgehead atoms. The van der Waals surface area contributed by atoms with E-state index in [0.29, 0.717) is 11.5 Å². The molecule has 1 aliphatic rings. The molecule has 6 nitrogen and oxygen atoms in total. The molecule has 5 N–H and O–H groups in total. The molecule has 1 aliphatic carbocycles. The van der Waals surface area contributed by atoms with Crippen LogP contribution in [-0.2, 0) is 4.79 Å². The van der Waals surface area contributed by atoms with Gasteiger partial charge in [0.25, 0.3) is 0 Å². The molecule has 1 heterocycles. The minimum Gasteiger partial charge on any atom is -0.397 e. The van der Waals surface area contributed by atoms with Crippen LogP contribution in [0.5, 0.6) is 0 Å². The highest BCUT2D eigenvalue weighted by Gasteiger charge is 2.29. The Hall–Kier alpha value is -2.60. The minimum atomic E-state index is 0.0483. The Balaban J connectivity index is 1.90. The van der Waals surface area contributed by atoms with Gasteiger partial charge in [-0.3, -0.25) is 4.79 Å². The first-order chi connectivity index (χ1) is 10.5. The quantitative estimate of drug-likeness (QED) is 0.589. The lowest BCUT2D eigenvalue weighted by atomic mass is 10.1. The standard InChI is InChI=1S/C16H19N5O/c1-21(18)9-14(17)11-4-5-12-8-19-15(7-13(12)6-11)20-16(22)10-2-3-10/h4-10H,2-3,17-18H2,1H3,(H,19,20,22)/b14-9-. The number of aromatic nitrogens is 1. The van der Waals surface area contributed by atoms with E-state index in [-0.39, 0.29) is 11.8 Å². The van der Waals surface area contributed by atoms with Gasteiger partial charge in [0.15, 0.2) is 0 Å². The maximum absolute atomic E-state index is 11.8. The molecule has 3 rings (SSSR count). The number of fused-ring (bicyclic) bond motifs is 1. The molecule has 1 aromatic carbocycles. The van der Waals surface area contributed by atoms with Crippen LogP contribution in [-0.4, -0.2) is 22.9 Å². The van der Waals surface area contributed by atoms with E-state index in [0.717, 1.165) is 29.2 Å². The molecule has 0 atom stereocenters. The van der Waals surface area contributed by atoms with E-state index in [1.807, 2.05) is 24.3 Å². The molecule has 0 unspecified atom stereocenters. The highest BCUT2D eigenvalue weighted by molar-refractivity contribution is 5.95. The molecule has 2 aromatic rings. The Morgan fingerprint density at radius 2 is 2.14 bits per heavy atom. The topological polar surface area (TPSA) is 97.3 Å². The van der Waals surface area contributed by atoms with Gasteiger partial charge in [0.2, 0.25) is 5.91 Å². The molecule has 1 saturated carbocycles. The van der Waals surface area contributed by atoms with Gasteiger partial charge in [0.1, 0.15) is 5.82 Å². The van der Waals surface area contributed by atoms with Crippen molar-refractivity contribution in [3.05, 3.63) is 42.2 Å². The third-order valence-corrected chi connectivity index (χ3v) is 3.60. The maximum Gasteiger partial charge on any atom is 0.228 e. The monoisotopic (exact) mass is 297 g/mol. The number of hydrogen-bond acceptors (Lipinski definition) is 5. The Kier molecular flexibility index (Phi) is 3.68. The van der Waals surface area contributed by atoms with Crippen LogP contribution in [0.1, 0.15) is 18.4 Å². The van der Waals surface area contributed by atoms with Crippen LogP contribution >= 0.6 is 0 Å². The molecule has 1 aromatic heterocycles. The maximum atomic E-state index is 11.8. The Labute approximate surface area is 128 Å². The fourth-order valence-corrected chi connectivity index (χ4v) is 2.26. The van der Waals surface area contributed by atoms with Gasteiger partial charge in [-0.25, -0.2) is 10.8 Å². The first-order valence-electron chi connectivity index (χ1n) is 7.19. The Bertz CT molecular complexity index is 749. The lowest BCUT2D eigenvalue weighted by molar-refractivity contribution is -0.117. The average molecular weight is 297 g/mol. The third kappa shape index (κ3) is 3.17. The van der Waals surface area contributed by atoms with E-state index in [4.69, 9.17) is 11.6 Å². The predicted octanol–water partition coefficient (Wildman–Crippen LogP) is 1.65. The Morgan fingerprint density at radius 3 is 2.82 bits per heavy atom. The summed E-state index contributed by atoms with van der Waals surface area (Å²) in [5, 5.41) is 6.22. The summed E-state index contributed by atoms with van der Waals surface area (Å²) in [6, 6.07) is 7.68. The van der Waals surface area contributed by atoms with Crippen molar-refractivity contribution in [2.45, 2.75) is 12.8 Å². The molecule has 6 heteroatoms. The largest absolute Gasteiger partial charge is 0.397 e. The minimum absolute atomic E-state index is 0.0483. The number of pyridine rings is 1. The van der Waals surface area contributed by atoms with Gasteiger partial charge in [0, 0.05) is 30.7 Å². The fourth-order valence-electron chi connectivity index (χ4n) is 2.26. The molecular weight excluding hydrogens is 278 g/mol. The second-order valence-electron chi connectivity index (χ2n) is 5.64. The first-order valence-corrected chi connectivity index (χ1v) is 7.19. The van der Waals surface area contributed by atoms with Crippen molar-refractivity contribution >= 4 is 28.2 Å². The molecule has 0 spiro atoms. The molecule has 0 aliphatic heterocycles. The summed E-state index contributed by atoms with van der Waals surface area (Å²) >= 11 is 0. The normalized spacial score (nSPS) is 14.9. The van der Waals surface area contributed by atoms with Crippen molar-refractivity contribution in [2.75, 3.05) is 12.4 Å². The SMILES string of the molecule is CN(N)/C=C(\N)c1ccc2cnc(NC(=O)C3CC3)cc2c1. The van der Waals surface area contributed by atoms with E-state index in [1.54, 1.807) is 19.4 Å². The summed E-state index contributed by atoms with van der Waals surface area (Å²) in [7, 11) is 1.71. The van der Waals surface area contributed by atoms with E-state index >= 15 is 0 Å². The average Bonchev–Trinajstić information content (AvgIpc) is 3.30. The number of anilines is 1. The number of carbonyl (C=O) groups excluding carboxylic acids is 1. The highest BCUT2D eigenvalue weighted by Crippen LogP contribution is 2.30. The second-order valence-corrected chi connectivity index (χ2v) is 5.64. The van der Waals surface area contributed by atoms with Crippen molar-refractivity contribution in [1.29, 1.82) is 0 Å². The van der Waals surface area contributed by atoms with Gasteiger partial charge >= 0.3 is 0 Å². The number of benzene rings is 1. The van der Waals surface area contributed by atoms with Crippen LogP contribution in [0.25, 0.3) is 16.5 Å². The number of nitrogens with one attached hydrogen (secondary N) is 1. The van der Waals surface area contributed by atoms with Crippen molar-refractivity contribution in [3.8, 4) is 0 Å². The van der Waals surface area contributed by atoms with E-state index < -0.39 is 0 Å². The number of hydrogen-bond donors (Lipinski definition) is 3. The molecule has 1 amide bonds. The Morgan fingerprint density at radius 1 is 1.36 bits per heavy atom. The lowest BCUT2D eigenvalue weighted by Crippen LogP contribution is -2.20. The van der Waals surface area contributed by atoms with Crippen LogP contribution in [0.15, 0.2) is 36.7 Å². The summed E-state index contributed by atoms with van der Waals surface area (Å²) in [6.45, 7) is 0. The molecule has 114 valence electrons. The summed E-state index contributed by atoms with van der Waals surface area (Å²) in [6.07, 6.45) is 5.34. The van der Waals surface area contributed by atoms with Crippen molar-refractivity contribution in [3.63, 3.8) is 0 Å². The van der Waals surface area contributed by atoms with Gasteiger partial charge in [-0.15, -0.1) is 0 Å². The number of amides is 1. The molecule has 0 radical (unpaired) electrons. The first kappa shape index (κ1) is 14.3. The summed E-state index contributed by atoms with van der Waals surface area (Å²) < 4.78 is 0. The molecule has 1 fully saturated rings. The lowest BCUT2D eigenvalue weighted by Gasteiger charge is -2.09. The van der Waals surface area contributed by atoms with Gasteiger partial charge in [-0.2, -0.15) is 0 Å². The molecular formula is C16H19N5O. The van der Waals surface area contributed by atoms with Gasteiger partial charge in [-0.1, -0.05) is 12.1 Å². The van der Waals surface area contributed by atoms with Crippen molar-refractivity contribution in [1.82, 2.24) is 9.99 Å². The number of nitrogens with zero attached hydrogens (tertiary/aromatic N) is 2. The number of nitrogens with two attached hydrogens (primary N) is 2. The summed E-state index contributed by atoms with van der Waals surface area (Å²) in [4.78, 5) is 16.1. The van der Waals surface area contributed by atoms with E-state index in [2.05, 4.69) is 10.3 Å². The summed E-state index contributed by atoms with van der Waals surface area (Å²) in [5.74, 6) is 6.35. The molecule has 22 heavy (non-hydrogen) atoms. The van der Waals surface area contributed by atoms with E-state index in [9.17, 15) is 4.79 Å². The second kappa shape index (κ2) is 5.65. The van der Waals surface area contributed by atoms with Gasteiger partial charge in [0.05, 0.1) is 5.70 Å². The van der Waals surface area contributed by atoms with Crippen LogP contribution in [0.3, 0.4) is 0 Å². The summed E-state index contributed by atoms with van der Waals surface area (Å²) in [5.41, 5.74) is 7.45.